The highest BCUT2D eigenvalue weighted by molar-refractivity contribution is 5.82. The molecule has 2 fully saturated rings. The van der Waals surface area contributed by atoms with Gasteiger partial charge in [-0.25, -0.2) is 0 Å². The van der Waals surface area contributed by atoms with Crippen molar-refractivity contribution in [3.8, 4) is 0 Å². The number of hydrogen-bond donors (Lipinski definition) is 2. The van der Waals surface area contributed by atoms with Crippen LogP contribution in [0.4, 0.5) is 0 Å². The lowest BCUT2D eigenvalue weighted by atomic mass is 10.1. The lowest BCUT2D eigenvalue weighted by Crippen LogP contribution is -2.47. The number of rotatable bonds is 3. The van der Waals surface area contributed by atoms with Gasteiger partial charge >= 0.3 is 0 Å². The van der Waals surface area contributed by atoms with Crippen molar-refractivity contribution in [2.45, 2.75) is 38.1 Å². The van der Waals surface area contributed by atoms with Crippen LogP contribution in [0.25, 0.3) is 0 Å². The Kier molecular flexibility index (Phi) is 5.79. The summed E-state index contributed by atoms with van der Waals surface area (Å²) in [5, 5.41) is 3.36. The summed E-state index contributed by atoms with van der Waals surface area (Å²) in [4.78, 5) is 27.5. The van der Waals surface area contributed by atoms with Crippen LogP contribution in [0.5, 0.6) is 0 Å². The van der Waals surface area contributed by atoms with Crippen molar-refractivity contribution in [3.05, 3.63) is 0 Å². The number of nitrogens with one attached hydrogen (secondary N) is 1. The van der Waals surface area contributed by atoms with Crippen molar-refractivity contribution in [2.75, 3.05) is 39.3 Å². The molecule has 20 heavy (non-hydrogen) atoms. The van der Waals surface area contributed by atoms with Gasteiger partial charge in [-0.3, -0.25) is 14.5 Å². The summed E-state index contributed by atoms with van der Waals surface area (Å²) < 4.78 is 0. The van der Waals surface area contributed by atoms with Gasteiger partial charge in [0.25, 0.3) is 0 Å². The Morgan fingerprint density at radius 3 is 2.70 bits per heavy atom. The number of hydrogen-bond acceptors (Lipinski definition) is 4. The maximum Gasteiger partial charge on any atom is 0.239 e. The molecule has 0 aromatic carbocycles. The second-order valence-corrected chi connectivity index (χ2v) is 5.78. The highest BCUT2D eigenvalue weighted by Crippen LogP contribution is 2.12. The molecular weight excluding hydrogens is 256 g/mol. The van der Waals surface area contributed by atoms with Gasteiger partial charge in [-0.05, 0) is 25.8 Å². The average Bonchev–Trinajstić information content (AvgIpc) is 2.80. The highest BCUT2D eigenvalue weighted by Gasteiger charge is 2.26. The predicted octanol–water partition coefficient (Wildman–Crippen LogP) is -0.462. The molecule has 2 amide bonds. The predicted molar refractivity (Wildman–Crippen MR) is 77.1 cm³/mol. The molecule has 1 atom stereocenters. The molecule has 6 heteroatoms. The molecule has 0 radical (unpaired) electrons. The Labute approximate surface area is 120 Å². The van der Waals surface area contributed by atoms with E-state index >= 15 is 0 Å². The number of amides is 2. The summed E-state index contributed by atoms with van der Waals surface area (Å²) in [6.07, 6.45) is 5.36. The molecule has 2 aliphatic heterocycles. The van der Waals surface area contributed by atoms with E-state index in [4.69, 9.17) is 5.73 Å². The molecule has 0 saturated carbocycles. The minimum atomic E-state index is -0.296. The number of carbonyl (C=O) groups is 2. The first-order chi connectivity index (χ1) is 9.66. The third-order valence-electron chi connectivity index (χ3n) is 4.14. The van der Waals surface area contributed by atoms with Gasteiger partial charge in [-0.2, -0.15) is 0 Å². The maximum atomic E-state index is 12.5. The van der Waals surface area contributed by atoms with Crippen LogP contribution < -0.4 is 11.1 Å². The lowest BCUT2D eigenvalue weighted by Gasteiger charge is -2.26. The normalized spacial score (nSPS) is 25.8. The lowest BCUT2D eigenvalue weighted by molar-refractivity contribution is -0.133. The van der Waals surface area contributed by atoms with Gasteiger partial charge in [-0.1, -0.05) is 12.8 Å². The van der Waals surface area contributed by atoms with Crippen LogP contribution in [0.1, 0.15) is 32.1 Å². The third kappa shape index (κ3) is 4.45. The molecule has 1 unspecified atom stereocenters. The van der Waals surface area contributed by atoms with Gasteiger partial charge in [0, 0.05) is 26.2 Å². The molecule has 0 aromatic heterocycles. The monoisotopic (exact) mass is 282 g/mol. The molecule has 3 N–H and O–H groups in total. The molecule has 0 aromatic rings. The van der Waals surface area contributed by atoms with Crippen molar-refractivity contribution in [2.24, 2.45) is 5.73 Å². The smallest absolute Gasteiger partial charge is 0.239 e. The summed E-state index contributed by atoms with van der Waals surface area (Å²) in [7, 11) is 0. The van der Waals surface area contributed by atoms with Gasteiger partial charge < -0.3 is 16.0 Å². The Morgan fingerprint density at radius 2 is 1.90 bits per heavy atom. The standard InChI is InChI=1S/C14H26N4O2/c15-13(19)11-17-7-4-8-18(10-9-17)14(20)12-5-2-1-3-6-16-12/h12,16H,1-11H2,(H2,15,19). The molecule has 2 saturated heterocycles. The molecule has 2 aliphatic rings. The van der Waals surface area contributed by atoms with Gasteiger partial charge in [0.05, 0.1) is 12.6 Å². The Balaban J connectivity index is 1.85. The number of nitrogens with zero attached hydrogens (tertiary/aromatic N) is 2. The van der Waals surface area contributed by atoms with Crippen LogP contribution in [0.15, 0.2) is 0 Å². The molecule has 2 rings (SSSR count). The van der Waals surface area contributed by atoms with E-state index in [2.05, 4.69) is 5.32 Å². The minimum Gasteiger partial charge on any atom is -0.369 e. The summed E-state index contributed by atoms with van der Waals surface area (Å²) in [5.74, 6) is -0.0666. The van der Waals surface area contributed by atoms with Crippen LogP contribution in [-0.4, -0.2) is 66.9 Å². The second-order valence-electron chi connectivity index (χ2n) is 5.78. The molecular formula is C14H26N4O2. The fourth-order valence-corrected chi connectivity index (χ4v) is 3.03. The van der Waals surface area contributed by atoms with E-state index in [9.17, 15) is 9.59 Å². The van der Waals surface area contributed by atoms with Crippen LogP contribution >= 0.6 is 0 Å². The van der Waals surface area contributed by atoms with E-state index in [1.807, 2.05) is 9.80 Å². The van der Waals surface area contributed by atoms with E-state index < -0.39 is 0 Å². The van der Waals surface area contributed by atoms with Gasteiger partial charge in [0.15, 0.2) is 0 Å². The van der Waals surface area contributed by atoms with E-state index in [1.165, 1.54) is 6.42 Å². The fourth-order valence-electron chi connectivity index (χ4n) is 3.03. The first-order valence-electron chi connectivity index (χ1n) is 7.69. The molecule has 0 aliphatic carbocycles. The van der Waals surface area contributed by atoms with E-state index in [0.29, 0.717) is 13.1 Å². The van der Waals surface area contributed by atoms with Crippen LogP contribution in [0.3, 0.4) is 0 Å². The number of nitrogens with two attached hydrogens (primary N) is 1. The van der Waals surface area contributed by atoms with Gasteiger partial charge in [0.2, 0.25) is 11.8 Å². The SMILES string of the molecule is NC(=O)CN1CCCN(C(=O)C2CCCCCN2)CC1. The zero-order valence-corrected chi connectivity index (χ0v) is 12.1. The van der Waals surface area contributed by atoms with Crippen LogP contribution in [-0.2, 0) is 9.59 Å². The summed E-state index contributed by atoms with van der Waals surface area (Å²) in [5.41, 5.74) is 5.23. The Bertz CT molecular complexity index is 340. The number of primary amides is 1. The Hall–Kier alpha value is -1.14. The highest BCUT2D eigenvalue weighted by atomic mass is 16.2. The molecule has 2 heterocycles. The Morgan fingerprint density at radius 1 is 1.05 bits per heavy atom. The van der Waals surface area contributed by atoms with Crippen LogP contribution in [0, 0.1) is 0 Å². The van der Waals surface area contributed by atoms with Gasteiger partial charge in [0.1, 0.15) is 0 Å². The molecule has 6 nitrogen and oxygen atoms in total. The average molecular weight is 282 g/mol. The maximum absolute atomic E-state index is 12.5. The second kappa shape index (κ2) is 7.59. The van der Waals surface area contributed by atoms with Crippen molar-refractivity contribution in [1.82, 2.24) is 15.1 Å². The number of carbonyl (C=O) groups excluding carboxylic acids is 2. The van der Waals surface area contributed by atoms with Crippen molar-refractivity contribution < 1.29 is 9.59 Å². The van der Waals surface area contributed by atoms with Crippen LogP contribution in [0.2, 0.25) is 0 Å². The summed E-state index contributed by atoms with van der Waals surface area (Å²) >= 11 is 0. The van der Waals surface area contributed by atoms with E-state index in [-0.39, 0.29) is 17.9 Å². The molecule has 0 bridgehead atoms. The van der Waals surface area contributed by atoms with Gasteiger partial charge in [-0.15, -0.1) is 0 Å². The van der Waals surface area contributed by atoms with Crippen molar-refractivity contribution in [1.29, 1.82) is 0 Å². The van der Waals surface area contributed by atoms with Crippen molar-refractivity contribution >= 4 is 11.8 Å². The van der Waals surface area contributed by atoms with E-state index in [0.717, 1.165) is 51.9 Å². The first-order valence-corrected chi connectivity index (χ1v) is 7.69. The zero-order chi connectivity index (χ0) is 14.4. The molecule has 0 spiro atoms. The first kappa shape index (κ1) is 15.3. The summed E-state index contributed by atoms with van der Waals surface area (Å²) in [6.45, 7) is 4.30. The van der Waals surface area contributed by atoms with Crippen molar-refractivity contribution in [3.63, 3.8) is 0 Å². The quantitative estimate of drug-likeness (QED) is 0.734. The van der Waals surface area contributed by atoms with E-state index in [1.54, 1.807) is 0 Å². The molecule has 114 valence electrons. The third-order valence-corrected chi connectivity index (χ3v) is 4.14. The summed E-state index contributed by atoms with van der Waals surface area (Å²) in [6, 6.07) is -0.0137. The minimum absolute atomic E-state index is 0.0137. The topological polar surface area (TPSA) is 78.7 Å². The zero-order valence-electron chi connectivity index (χ0n) is 12.1. The fraction of sp³-hybridized carbons (Fsp3) is 0.857. The largest absolute Gasteiger partial charge is 0.369 e.